The predicted octanol–water partition coefficient (Wildman–Crippen LogP) is 5.93. The topological polar surface area (TPSA) is 151 Å². The second kappa shape index (κ2) is 16.4. The quantitative estimate of drug-likeness (QED) is 0.128. The van der Waals surface area contributed by atoms with Gasteiger partial charge in [0.25, 0.3) is 21.8 Å². The Balaban J connectivity index is 1.26. The van der Waals surface area contributed by atoms with Crippen molar-refractivity contribution >= 4 is 50.8 Å². The Hall–Kier alpha value is -5.07. The monoisotopic (exact) mass is 705 g/mol. The molecule has 1 aliphatic heterocycles. The number of nitrogens with zero attached hydrogens (tertiary/aromatic N) is 1. The highest BCUT2D eigenvalue weighted by atomic mass is 35.5. The molecule has 0 bridgehead atoms. The van der Waals surface area contributed by atoms with Crippen molar-refractivity contribution in [3.05, 3.63) is 113 Å². The number of para-hydroxylation sites is 1. The number of nitrogens with one attached hydrogen (secondary N) is 2. The number of benzene rings is 4. The number of anilines is 2. The van der Waals surface area contributed by atoms with Crippen LogP contribution in [-0.4, -0.2) is 57.1 Å². The van der Waals surface area contributed by atoms with Gasteiger partial charge in [0.2, 0.25) is 0 Å². The standard InChI is InChI=1S/C36H36ClN3O8S/c37-28-13-4-5-16-32(28)49(45,46)39-36(44)31-24-40(22-9-17-33(41)42)30-15-8-14-29(34(30)48-31)38-35(43)26-18-20-27(21-19-26)47-23-7-6-12-25-10-2-1-3-11-25/h1-5,8,10-11,13-16,18-21,31H,6-7,9,12,17,22-24H2,(H,38,43)(H,39,44)(H,41,42). The van der Waals surface area contributed by atoms with E-state index in [0.29, 0.717) is 23.6 Å². The zero-order valence-electron chi connectivity index (χ0n) is 26.5. The van der Waals surface area contributed by atoms with Gasteiger partial charge in [-0.05, 0) is 79.8 Å². The van der Waals surface area contributed by atoms with Gasteiger partial charge >= 0.3 is 5.97 Å². The summed E-state index contributed by atoms with van der Waals surface area (Å²) in [5.74, 6) is -1.60. The number of hydrogen-bond donors (Lipinski definition) is 3. The fraction of sp³-hybridized carbons (Fsp3) is 0.250. The fourth-order valence-electron chi connectivity index (χ4n) is 5.32. The molecule has 1 atom stereocenters. The third kappa shape index (κ3) is 9.52. The maximum absolute atomic E-state index is 13.3. The molecule has 0 radical (unpaired) electrons. The lowest BCUT2D eigenvalue weighted by molar-refractivity contribution is -0.137. The van der Waals surface area contributed by atoms with E-state index in [1.54, 1.807) is 53.4 Å². The molecule has 49 heavy (non-hydrogen) atoms. The number of amides is 2. The molecule has 0 saturated carbocycles. The van der Waals surface area contributed by atoms with Crippen molar-refractivity contribution in [2.24, 2.45) is 0 Å². The molecule has 5 rings (SSSR count). The fourth-order valence-corrected chi connectivity index (χ4v) is 6.85. The van der Waals surface area contributed by atoms with Gasteiger partial charge in [-0.25, -0.2) is 13.1 Å². The summed E-state index contributed by atoms with van der Waals surface area (Å²) in [5, 5.41) is 11.9. The number of carboxylic acids is 1. The molecule has 0 fully saturated rings. The molecule has 11 nitrogen and oxygen atoms in total. The Morgan fingerprint density at radius 1 is 0.898 bits per heavy atom. The van der Waals surface area contributed by atoms with Gasteiger partial charge in [0.05, 0.1) is 29.5 Å². The van der Waals surface area contributed by atoms with Crippen molar-refractivity contribution in [3.63, 3.8) is 0 Å². The lowest BCUT2D eigenvalue weighted by Crippen LogP contribution is -2.50. The van der Waals surface area contributed by atoms with Gasteiger partial charge in [-0.1, -0.05) is 60.1 Å². The lowest BCUT2D eigenvalue weighted by Gasteiger charge is -2.36. The molecule has 0 aliphatic carbocycles. The zero-order valence-corrected chi connectivity index (χ0v) is 28.1. The van der Waals surface area contributed by atoms with Crippen molar-refractivity contribution in [2.45, 2.75) is 43.1 Å². The maximum Gasteiger partial charge on any atom is 0.303 e. The van der Waals surface area contributed by atoms with Gasteiger partial charge < -0.3 is 24.8 Å². The molecule has 2 amide bonds. The number of carbonyl (C=O) groups excluding carboxylic acids is 2. The minimum absolute atomic E-state index is 0.0589. The molecule has 0 saturated heterocycles. The summed E-state index contributed by atoms with van der Waals surface area (Å²) in [4.78, 5) is 39.3. The number of fused-ring (bicyclic) bond motifs is 1. The molecule has 1 heterocycles. The number of carbonyl (C=O) groups is 3. The van der Waals surface area contributed by atoms with Crippen LogP contribution in [-0.2, 0) is 26.0 Å². The lowest BCUT2D eigenvalue weighted by atomic mass is 10.1. The number of rotatable bonds is 15. The average molecular weight is 706 g/mol. The van der Waals surface area contributed by atoms with Crippen LogP contribution in [0.4, 0.5) is 11.4 Å². The summed E-state index contributed by atoms with van der Waals surface area (Å²) in [5.41, 5.74) is 2.39. The van der Waals surface area contributed by atoms with E-state index in [-0.39, 0.29) is 47.3 Å². The smallest absolute Gasteiger partial charge is 0.303 e. The van der Waals surface area contributed by atoms with E-state index in [9.17, 15) is 22.8 Å². The predicted molar refractivity (Wildman–Crippen MR) is 186 cm³/mol. The highest BCUT2D eigenvalue weighted by molar-refractivity contribution is 7.90. The average Bonchev–Trinajstić information content (AvgIpc) is 3.08. The highest BCUT2D eigenvalue weighted by Gasteiger charge is 2.35. The summed E-state index contributed by atoms with van der Waals surface area (Å²) in [6.45, 7) is 0.708. The second-order valence-electron chi connectivity index (χ2n) is 11.4. The third-order valence-corrected chi connectivity index (χ3v) is 9.64. The molecular formula is C36H36ClN3O8S. The van der Waals surface area contributed by atoms with Gasteiger partial charge in [0.15, 0.2) is 11.9 Å². The van der Waals surface area contributed by atoms with E-state index in [4.69, 9.17) is 26.2 Å². The van der Waals surface area contributed by atoms with Crippen LogP contribution in [0, 0.1) is 0 Å². The van der Waals surface area contributed by atoms with E-state index in [0.717, 1.165) is 19.3 Å². The van der Waals surface area contributed by atoms with Crippen LogP contribution in [0.1, 0.15) is 41.6 Å². The molecule has 13 heteroatoms. The number of carboxylic acid groups (broad SMARTS) is 1. The van der Waals surface area contributed by atoms with E-state index in [2.05, 4.69) is 17.4 Å². The van der Waals surface area contributed by atoms with Crippen molar-refractivity contribution in [1.82, 2.24) is 4.72 Å². The Kier molecular flexibility index (Phi) is 11.8. The van der Waals surface area contributed by atoms with Crippen LogP contribution in [0.3, 0.4) is 0 Å². The summed E-state index contributed by atoms with van der Waals surface area (Å²) in [6.07, 6.45) is 1.66. The first-order valence-corrected chi connectivity index (χ1v) is 17.6. The molecule has 0 spiro atoms. The van der Waals surface area contributed by atoms with Crippen molar-refractivity contribution in [3.8, 4) is 11.5 Å². The molecule has 256 valence electrons. The Morgan fingerprint density at radius 2 is 1.63 bits per heavy atom. The highest BCUT2D eigenvalue weighted by Crippen LogP contribution is 2.40. The molecule has 1 aliphatic rings. The van der Waals surface area contributed by atoms with Crippen LogP contribution in [0.2, 0.25) is 5.02 Å². The van der Waals surface area contributed by atoms with Gasteiger partial charge in [-0.2, -0.15) is 0 Å². The Labute approximate surface area is 289 Å². The van der Waals surface area contributed by atoms with E-state index in [1.807, 2.05) is 22.9 Å². The summed E-state index contributed by atoms with van der Waals surface area (Å²) in [7, 11) is -4.34. The minimum atomic E-state index is -4.34. The van der Waals surface area contributed by atoms with E-state index < -0.39 is 33.9 Å². The zero-order chi connectivity index (χ0) is 34.8. The van der Waals surface area contributed by atoms with Crippen LogP contribution in [0.15, 0.2) is 102 Å². The maximum atomic E-state index is 13.3. The summed E-state index contributed by atoms with van der Waals surface area (Å²) in [6, 6.07) is 27.7. The molecule has 0 aromatic heterocycles. The number of sulfonamides is 1. The van der Waals surface area contributed by atoms with E-state index >= 15 is 0 Å². The number of unbranched alkanes of at least 4 members (excludes halogenated alkanes) is 1. The molecule has 4 aromatic rings. The third-order valence-electron chi connectivity index (χ3n) is 7.79. The number of ether oxygens (including phenoxy) is 2. The van der Waals surface area contributed by atoms with Crippen LogP contribution < -0.4 is 24.4 Å². The van der Waals surface area contributed by atoms with Gasteiger partial charge in [0.1, 0.15) is 10.6 Å². The summed E-state index contributed by atoms with van der Waals surface area (Å²) < 4.78 is 39.9. The minimum Gasteiger partial charge on any atom is -0.494 e. The van der Waals surface area contributed by atoms with Crippen molar-refractivity contribution in [1.29, 1.82) is 0 Å². The van der Waals surface area contributed by atoms with Crippen molar-refractivity contribution in [2.75, 3.05) is 29.9 Å². The van der Waals surface area contributed by atoms with Gasteiger partial charge in [-0.15, -0.1) is 0 Å². The normalized spacial score (nSPS) is 13.9. The second-order valence-corrected chi connectivity index (χ2v) is 13.4. The summed E-state index contributed by atoms with van der Waals surface area (Å²) >= 11 is 6.07. The Morgan fingerprint density at radius 3 is 2.37 bits per heavy atom. The molecule has 4 aromatic carbocycles. The first-order valence-electron chi connectivity index (χ1n) is 15.8. The van der Waals surface area contributed by atoms with Crippen molar-refractivity contribution < 1.29 is 37.4 Å². The number of aliphatic carboxylic acids is 1. The number of aryl methyl sites for hydroxylation is 1. The number of hydrogen-bond acceptors (Lipinski definition) is 8. The Bertz CT molecular complexity index is 1890. The van der Waals surface area contributed by atoms with Gasteiger partial charge in [0, 0.05) is 18.5 Å². The van der Waals surface area contributed by atoms with Gasteiger partial charge in [-0.3, -0.25) is 14.4 Å². The largest absolute Gasteiger partial charge is 0.494 e. The number of halogens is 1. The van der Waals surface area contributed by atoms with Crippen LogP contribution in [0.5, 0.6) is 11.5 Å². The van der Waals surface area contributed by atoms with E-state index in [1.165, 1.54) is 23.8 Å². The molecule has 1 unspecified atom stereocenters. The first kappa shape index (κ1) is 35.2. The molecular weight excluding hydrogens is 670 g/mol. The SMILES string of the molecule is O=C(O)CCCN1CC(C(=O)NS(=O)(=O)c2ccccc2Cl)Oc2c(NC(=O)c3ccc(OCCCCc4ccccc4)cc3)cccc21. The van der Waals surface area contributed by atoms with Crippen LogP contribution >= 0.6 is 11.6 Å². The molecule has 3 N–H and O–H groups in total. The van der Waals surface area contributed by atoms with Crippen LogP contribution in [0.25, 0.3) is 0 Å². The first-order chi connectivity index (χ1) is 23.6.